The number of aliphatic hydroxyl groups is 1. The average molecular weight is 691 g/mol. The Morgan fingerprint density at radius 3 is 1.69 bits per heavy atom. The summed E-state index contributed by atoms with van der Waals surface area (Å²) in [6, 6.07) is -0.831. The van der Waals surface area contributed by atoms with E-state index in [0.717, 1.165) is 70.6 Å². The molecular weight excluding hydrogens is 623 g/mol. The van der Waals surface area contributed by atoms with E-state index in [2.05, 4.69) is 104 Å². The van der Waals surface area contributed by atoms with Crippen LogP contribution in [0.15, 0.2) is 85.1 Å². The molecule has 0 radical (unpaired) electrons. The standard InChI is InChI=1S/C39H67N2O6P/c1-6-8-10-11-12-13-14-15-16-17-18-19-20-21-22-23-24-25-26-27-28-29-31-33-39(43)40-37(38(42)32-30-9-7-2)36-47-48(44,45)46-35-34-41(3,4)5/h8,10,12-13,15-16,18-19,21-22,24-25,27-28,37-38,42H,6-7,9,11,14,17,20,23,26,29-36H2,1-5H3,(H-,40,43,44,45)/b10-8-,13-12-,16-15-,19-18-,22-21-,25-24-,28-27-. The van der Waals surface area contributed by atoms with Crippen LogP contribution in [0.1, 0.15) is 104 Å². The summed E-state index contributed by atoms with van der Waals surface area (Å²) < 4.78 is 22.8. The van der Waals surface area contributed by atoms with E-state index in [1.54, 1.807) is 0 Å². The van der Waals surface area contributed by atoms with Crippen LogP contribution in [0.25, 0.3) is 0 Å². The van der Waals surface area contributed by atoms with Gasteiger partial charge in [0.05, 0.1) is 39.9 Å². The van der Waals surface area contributed by atoms with Crippen molar-refractivity contribution in [2.24, 2.45) is 0 Å². The number of phosphoric acid groups is 1. The number of carbonyl (C=O) groups excluding carboxylic acids is 1. The molecule has 0 saturated carbocycles. The van der Waals surface area contributed by atoms with Crippen molar-refractivity contribution in [3.05, 3.63) is 85.1 Å². The van der Waals surface area contributed by atoms with Crippen LogP contribution >= 0.6 is 7.82 Å². The number of quaternary nitrogens is 1. The Morgan fingerprint density at radius 1 is 0.750 bits per heavy atom. The van der Waals surface area contributed by atoms with Gasteiger partial charge < -0.3 is 28.8 Å². The van der Waals surface area contributed by atoms with Gasteiger partial charge in [-0.1, -0.05) is 118 Å². The van der Waals surface area contributed by atoms with Gasteiger partial charge in [-0.25, -0.2) is 0 Å². The summed E-state index contributed by atoms with van der Waals surface area (Å²) in [5.74, 6) is -0.241. The number of likely N-dealkylation sites (N-methyl/N-ethyl adjacent to an activating group) is 1. The summed E-state index contributed by atoms with van der Waals surface area (Å²) in [6.45, 7) is 4.33. The highest BCUT2D eigenvalue weighted by atomic mass is 31.2. The highest BCUT2D eigenvalue weighted by Gasteiger charge is 2.24. The van der Waals surface area contributed by atoms with Crippen LogP contribution < -0.4 is 10.2 Å². The van der Waals surface area contributed by atoms with Crippen LogP contribution in [-0.4, -0.2) is 68.5 Å². The van der Waals surface area contributed by atoms with Crippen molar-refractivity contribution < 1.29 is 32.9 Å². The molecular formula is C39H67N2O6P. The zero-order valence-corrected chi connectivity index (χ0v) is 31.5. The molecule has 3 atom stereocenters. The van der Waals surface area contributed by atoms with Gasteiger partial charge >= 0.3 is 0 Å². The lowest BCUT2D eigenvalue weighted by Gasteiger charge is -2.30. The molecule has 0 heterocycles. The monoisotopic (exact) mass is 690 g/mol. The van der Waals surface area contributed by atoms with E-state index in [1.165, 1.54) is 0 Å². The molecule has 0 aromatic heterocycles. The topological polar surface area (TPSA) is 108 Å². The summed E-state index contributed by atoms with van der Waals surface area (Å²) in [7, 11) is 1.24. The first-order valence-electron chi connectivity index (χ1n) is 17.9. The number of hydrogen-bond donors (Lipinski definition) is 2. The fourth-order valence-corrected chi connectivity index (χ4v) is 4.98. The molecule has 2 N–H and O–H groups in total. The Balaban J connectivity index is 4.27. The Hall–Kier alpha value is -2.32. The molecule has 0 rings (SSSR count). The van der Waals surface area contributed by atoms with E-state index >= 15 is 0 Å². The first-order chi connectivity index (χ1) is 23.0. The summed E-state index contributed by atoms with van der Waals surface area (Å²) in [4.78, 5) is 24.8. The second kappa shape index (κ2) is 30.7. The SMILES string of the molecule is CC/C=C\C/C=C\C/C=C\C/C=C\C/C=C\C/C=C\C/C=C\CCCC(=O)NC(COP(=O)([O-])OCC[N+](C)(C)C)C(O)CCCCC. The Bertz CT molecular complexity index is 1060. The maximum atomic E-state index is 12.6. The quantitative estimate of drug-likeness (QED) is 0.0339. The van der Waals surface area contributed by atoms with E-state index in [-0.39, 0.29) is 25.5 Å². The number of carbonyl (C=O) groups is 1. The summed E-state index contributed by atoms with van der Waals surface area (Å²) in [6.07, 6.45) is 41.1. The Kier molecular flexibility index (Phi) is 29.2. The van der Waals surface area contributed by atoms with E-state index in [9.17, 15) is 19.4 Å². The second-order valence-corrected chi connectivity index (χ2v) is 14.3. The maximum Gasteiger partial charge on any atom is 0.268 e. The fourth-order valence-electron chi connectivity index (χ4n) is 4.26. The van der Waals surface area contributed by atoms with Crippen molar-refractivity contribution in [1.29, 1.82) is 0 Å². The minimum Gasteiger partial charge on any atom is -0.756 e. The van der Waals surface area contributed by atoms with Gasteiger partial charge in [0.25, 0.3) is 7.82 Å². The van der Waals surface area contributed by atoms with Crippen LogP contribution in [0.2, 0.25) is 0 Å². The highest BCUT2D eigenvalue weighted by molar-refractivity contribution is 7.45. The van der Waals surface area contributed by atoms with E-state index in [1.807, 2.05) is 21.1 Å². The van der Waals surface area contributed by atoms with Gasteiger partial charge in [0, 0.05) is 6.42 Å². The molecule has 0 spiro atoms. The number of nitrogens with zero attached hydrogens (tertiary/aromatic N) is 1. The number of allylic oxidation sites excluding steroid dienone is 14. The second-order valence-electron chi connectivity index (χ2n) is 12.8. The Morgan fingerprint density at radius 2 is 1.23 bits per heavy atom. The van der Waals surface area contributed by atoms with Gasteiger partial charge in [-0.2, -0.15) is 0 Å². The Labute approximate surface area is 293 Å². The average Bonchev–Trinajstić information content (AvgIpc) is 3.02. The smallest absolute Gasteiger partial charge is 0.268 e. The molecule has 0 aromatic carbocycles. The molecule has 0 bridgehead atoms. The number of rotatable bonds is 30. The normalized spacial score (nSPS) is 15.7. The van der Waals surface area contributed by atoms with Crippen molar-refractivity contribution in [1.82, 2.24) is 5.32 Å². The molecule has 0 fully saturated rings. The van der Waals surface area contributed by atoms with Gasteiger partial charge in [-0.05, 0) is 64.2 Å². The third kappa shape index (κ3) is 32.2. The van der Waals surface area contributed by atoms with Crippen LogP contribution in [0, 0.1) is 0 Å². The van der Waals surface area contributed by atoms with Crippen molar-refractivity contribution in [2.75, 3.05) is 40.9 Å². The molecule has 0 aliphatic carbocycles. The molecule has 1 amide bonds. The molecule has 0 saturated heterocycles. The van der Waals surface area contributed by atoms with Crippen molar-refractivity contribution in [2.45, 2.75) is 116 Å². The molecule has 0 aliphatic heterocycles. The predicted molar refractivity (Wildman–Crippen MR) is 200 cm³/mol. The zero-order chi connectivity index (χ0) is 35.8. The summed E-state index contributed by atoms with van der Waals surface area (Å²) in [5, 5.41) is 13.4. The maximum absolute atomic E-state index is 12.6. The molecule has 9 heteroatoms. The number of unbranched alkanes of at least 4 members (excludes halogenated alkanes) is 3. The number of amides is 1. The van der Waals surface area contributed by atoms with E-state index in [4.69, 9.17) is 9.05 Å². The number of hydrogen-bond acceptors (Lipinski definition) is 6. The summed E-state index contributed by atoms with van der Waals surface area (Å²) in [5.41, 5.74) is 0. The summed E-state index contributed by atoms with van der Waals surface area (Å²) >= 11 is 0. The lowest BCUT2D eigenvalue weighted by atomic mass is 10.0. The minimum atomic E-state index is -4.56. The third-order valence-electron chi connectivity index (χ3n) is 7.15. The third-order valence-corrected chi connectivity index (χ3v) is 8.11. The van der Waals surface area contributed by atoms with Gasteiger partial charge in [0.15, 0.2) is 0 Å². The number of aliphatic hydroxyl groups excluding tert-OH is 1. The molecule has 48 heavy (non-hydrogen) atoms. The van der Waals surface area contributed by atoms with E-state index < -0.39 is 20.0 Å². The van der Waals surface area contributed by atoms with Crippen molar-refractivity contribution in [3.63, 3.8) is 0 Å². The van der Waals surface area contributed by atoms with Crippen LogP contribution in [-0.2, 0) is 18.4 Å². The molecule has 8 nitrogen and oxygen atoms in total. The molecule has 274 valence electrons. The molecule has 0 aromatic rings. The molecule has 3 unspecified atom stereocenters. The van der Waals surface area contributed by atoms with Crippen molar-refractivity contribution in [3.8, 4) is 0 Å². The van der Waals surface area contributed by atoms with Gasteiger partial charge in [-0.3, -0.25) is 9.36 Å². The van der Waals surface area contributed by atoms with Crippen LogP contribution in [0.5, 0.6) is 0 Å². The lowest BCUT2D eigenvalue weighted by molar-refractivity contribution is -0.870. The van der Waals surface area contributed by atoms with Gasteiger partial charge in [0.2, 0.25) is 5.91 Å². The van der Waals surface area contributed by atoms with Gasteiger partial charge in [-0.15, -0.1) is 0 Å². The number of nitrogens with one attached hydrogen (secondary N) is 1. The largest absolute Gasteiger partial charge is 0.756 e. The predicted octanol–water partition coefficient (Wildman–Crippen LogP) is 8.43. The first kappa shape index (κ1) is 45.7. The first-order valence-corrected chi connectivity index (χ1v) is 19.4. The fraction of sp³-hybridized carbons (Fsp3) is 0.615. The van der Waals surface area contributed by atoms with Crippen LogP contribution in [0.4, 0.5) is 0 Å². The highest BCUT2D eigenvalue weighted by Crippen LogP contribution is 2.38. The van der Waals surface area contributed by atoms with Gasteiger partial charge in [0.1, 0.15) is 13.2 Å². The van der Waals surface area contributed by atoms with Crippen molar-refractivity contribution >= 4 is 13.7 Å². The molecule has 0 aliphatic rings. The van der Waals surface area contributed by atoms with E-state index in [0.29, 0.717) is 23.9 Å². The zero-order valence-electron chi connectivity index (χ0n) is 30.6. The van der Waals surface area contributed by atoms with Crippen LogP contribution in [0.3, 0.4) is 0 Å². The number of phosphoric ester groups is 1. The minimum absolute atomic E-state index is 0.00598. The lowest BCUT2D eigenvalue weighted by Crippen LogP contribution is -2.46.